The van der Waals surface area contributed by atoms with Crippen LogP contribution in [0.5, 0.6) is 0 Å². The monoisotopic (exact) mass is 280 g/mol. The van der Waals surface area contributed by atoms with Crippen LogP contribution in [-0.2, 0) is 16.9 Å². The number of pyridine rings is 1. The Morgan fingerprint density at radius 2 is 1.95 bits per heavy atom. The number of rotatable bonds is 4. The number of nitrogens with zero attached hydrogens (tertiary/aromatic N) is 1. The molecule has 0 aliphatic heterocycles. The highest BCUT2D eigenvalue weighted by Gasteiger charge is 2.07. The van der Waals surface area contributed by atoms with Crippen LogP contribution in [0.2, 0.25) is 0 Å². The molecule has 0 aliphatic carbocycles. The zero-order valence-corrected chi connectivity index (χ0v) is 11.7. The van der Waals surface area contributed by atoms with Crippen molar-refractivity contribution in [3.05, 3.63) is 40.7 Å². The number of hydrogen-bond donors (Lipinski definition) is 1. The van der Waals surface area contributed by atoms with Gasteiger partial charge in [-0.15, -0.1) is 0 Å². The molecule has 0 bridgehead atoms. The van der Waals surface area contributed by atoms with Gasteiger partial charge < -0.3 is 9.88 Å². The van der Waals surface area contributed by atoms with Gasteiger partial charge in [0.2, 0.25) is 0 Å². The SMILES string of the molecule is Cn1c(=O)cc(NCCS(C)(=O)=O)c2ccccc21. The first-order valence-electron chi connectivity index (χ1n) is 5.89. The van der Waals surface area contributed by atoms with Crippen LogP contribution in [0.15, 0.2) is 35.1 Å². The first kappa shape index (κ1) is 13.6. The molecule has 0 unspecified atom stereocenters. The van der Waals surface area contributed by atoms with E-state index in [9.17, 15) is 13.2 Å². The quantitative estimate of drug-likeness (QED) is 0.907. The third-order valence-corrected chi connectivity index (χ3v) is 3.89. The molecule has 0 atom stereocenters. The fourth-order valence-corrected chi connectivity index (χ4v) is 2.40. The summed E-state index contributed by atoms with van der Waals surface area (Å²) in [6.45, 7) is 0.288. The minimum atomic E-state index is -3.01. The van der Waals surface area contributed by atoms with Crippen molar-refractivity contribution in [2.24, 2.45) is 7.05 Å². The average Bonchev–Trinajstić information content (AvgIpc) is 2.34. The number of benzene rings is 1. The van der Waals surface area contributed by atoms with Crippen LogP contribution in [0.1, 0.15) is 0 Å². The Bertz CT molecular complexity index is 763. The molecule has 0 fully saturated rings. The lowest BCUT2D eigenvalue weighted by molar-refractivity contribution is 0.602. The van der Waals surface area contributed by atoms with Crippen LogP contribution >= 0.6 is 0 Å². The van der Waals surface area contributed by atoms with Crippen LogP contribution in [-0.4, -0.2) is 31.5 Å². The molecule has 1 aromatic carbocycles. The van der Waals surface area contributed by atoms with Crippen molar-refractivity contribution < 1.29 is 8.42 Å². The molecule has 19 heavy (non-hydrogen) atoms. The van der Waals surface area contributed by atoms with Crippen molar-refractivity contribution in [2.75, 3.05) is 23.9 Å². The van der Waals surface area contributed by atoms with E-state index < -0.39 is 9.84 Å². The van der Waals surface area contributed by atoms with Crippen molar-refractivity contribution >= 4 is 26.4 Å². The van der Waals surface area contributed by atoms with Crippen molar-refractivity contribution in [2.45, 2.75) is 0 Å². The summed E-state index contributed by atoms with van der Waals surface area (Å²) in [5.74, 6) is 0.0382. The Balaban J connectivity index is 2.38. The van der Waals surface area contributed by atoms with Gasteiger partial charge in [0.25, 0.3) is 5.56 Å². The first-order chi connectivity index (χ1) is 8.88. The maximum atomic E-state index is 11.8. The van der Waals surface area contributed by atoms with Gasteiger partial charge in [-0.3, -0.25) is 4.79 Å². The van der Waals surface area contributed by atoms with Crippen LogP contribution in [0.4, 0.5) is 5.69 Å². The van der Waals surface area contributed by atoms with E-state index in [0.29, 0.717) is 5.69 Å². The van der Waals surface area contributed by atoms with Gasteiger partial charge in [0.15, 0.2) is 0 Å². The summed E-state index contributed by atoms with van der Waals surface area (Å²) in [5.41, 5.74) is 1.36. The summed E-state index contributed by atoms with van der Waals surface area (Å²) in [5, 5.41) is 3.92. The maximum Gasteiger partial charge on any atom is 0.252 e. The van der Waals surface area contributed by atoms with Gasteiger partial charge in [-0.25, -0.2) is 8.42 Å². The molecular weight excluding hydrogens is 264 g/mol. The second kappa shape index (κ2) is 5.05. The lowest BCUT2D eigenvalue weighted by Gasteiger charge is -2.11. The van der Waals surface area contributed by atoms with Crippen LogP contribution < -0.4 is 10.9 Å². The molecule has 1 N–H and O–H groups in total. The third kappa shape index (κ3) is 3.14. The summed E-state index contributed by atoms with van der Waals surface area (Å²) in [6.07, 6.45) is 1.19. The van der Waals surface area contributed by atoms with E-state index in [1.54, 1.807) is 11.6 Å². The second-order valence-corrected chi connectivity index (χ2v) is 6.79. The fraction of sp³-hybridized carbons (Fsp3) is 0.308. The minimum absolute atomic E-state index is 0.0382. The molecule has 102 valence electrons. The van der Waals surface area contributed by atoms with Gasteiger partial charge in [0, 0.05) is 37.0 Å². The molecular formula is C13H16N2O3S. The van der Waals surface area contributed by atoms with Gasteiger partial charge in [-0.05, 0) is 6.07 Å². The second-order valence-electron chi connectivity index (χ2n) is 4.53. The van der Waals surface area contributed by atoms with E-state index >= 15 is 0 Å². The van der Waals surface area contributed by atoms with E-state index in [2.05, 4.69) is 5.32 Å². The summed E-state index contributed by atoms with van der Waals surface area (Å²) in [7, 11) is -1.30. The van der Waals surface area contributed by atoms with Crippen molar-refractivity contribution in [3.63, 3.8) is 0 Å². The summed E-state index contributed by atoms with van der Waals surface area (Å²) >= 11 is 0. The Morgan fingerprint density at radius 1 is 1.26 bits per heavy atom. The molecule has 0 saturated heterocycles. The minimum Gasteiger partial charge on any atom is -0.383 e. The first-order valence-corrected chi connectivity index (χ1v) is 7.95. The summed E-state index contributed by atoms with van der Waals surface area (Å²) in [6, 6.07) is 9.00. The highest BCUT2D eigenvalue weighted by molar-refractivity contribution is 7.90. The van der Waals surface area contributed by atoms with Crippen LogP contribution in [0, 0.1) is 0 Å². The number of aryl methyl sites for hydroxylation is 1. The predicted octanol–water partition coefficient (Wildman–Crippen LogP) is 0.995. The molecule has 0 radical (unpaired) electrons. The van der Waals surface area contributed by atoms with E-state index in [0.717, 1.165) is 10.9 Å². The van der Waals surface area contributed by atoms with E-state index in [4.69, 9.17) is 0 Å². The molecule has 2 rings (SSSR count). The van der Waals surface area contributed by atoms with Gasteiger partial charge in [0.1, 0.15) is 9.84 Å². The molecule has 0 saturated carbocycles. The zero-order chi connectivity index (χ0) is 14.0. The maximum absolute atomic E-state index is 11.8. The number of nitrogens with one attached hydrogen (secondary N) is 1. The lowest BCUT2D eigenvalue weighted by atomic mass is 10.2. The number of hydrogen-bond acceptors (Lipinski definition) is 4. The van der Waals surface area contributed by atoms with E-state index in [1.807, 2.05) is 24.3 Å². The number of anilines is 1. The van der Waals surface area contributed by atoms with Gasteiger partial charge >= 0.3 is 0 Å². The van der Waals surface area contributed by atoms with Crippen molar-refractivity contribution in [1.82, 2.24) is 4.57 Å². The number of fused-ring (bicyclic) bond motifs is 1. The highest BCUT2D eigenvalue weighted by atomic mass is 32.2. The van der Waals surface area contributed by atoms with Crippen LogP contribution in [0.3, 0.4) is 0 Å². The largest absolute Gasteiger partial charge is 0.383 e. The smallest absolute Gasteiger partial charge is 0.252 e. The lowest BCUT2D eigenvalue weighted by Crippen LogP contribution is -2.19. The highest BCUT2D eigenvalue weighted by Crippen LogP contribution is 2.20. The molecule has 1 heterocycles. The molecule has 2 aromatic rings. The Labute approximate surface area is 111 Å². The Morgan fingerprint density at radius 3 is 2.63 bits per heavy atom. The number of sulfone groups is 1. The zero-order valence-electron chi connectivity index (χ0n) is 10.9. The van der Waals surface area contributed by atoms with E-state index in [1.165, 1.54) is 12.3 Å². The normalized spacial score (nSPS) is 11.7. The molecule has 0 spiro atoms. The molecule has 5 nitrogen and oxygen atoms in total. The van der Waals surface area contributed by atoms with Crippen molar-refractivity contribution in [3.8, 4) is 0 Å². The summed E-state index contributed by atoms with van der Waals surface area (Å²) in [4.78, 5) is 11.8. The summed E-state index contributed by atoms with van der Waals surface area (Å²) < 4.78 is 23.8. The fourth-order valence-electron chi connectivity index (χ4n) is 1.93. The molecule has 1 aromatic heterocycles. The van der Waals surface area contributed by atoms with E-state index in [-0.39, 0.29) is 17.9 Å². The Kier molecular flexibility index (Phi) is 3.61. The average molecular weight is 280 g/mol. The van der Waals surface area contributed by atoms with Gasteiger partial charge in [-0.1, -0.05) is 18.2 Å². The number of aromatic nitrogens is 1. The molecule has 0 aliphatic rings. The third-order valence-electron chi connectivity index (χ3n) is 2.94. The number of para-hydroxylation sites is 1. The Hall–Kier alpha value is -1.82. The molecule has 0 amide bonds. The topological polar surface area (TPSA) is 68.2 Å². The standard InChI is InChI=1S/C13H16N2O3S/c1-15-12-6-4-3-5-10(12)11(9-13(15)16)14-7-8-19(2,17)18/h3-6,9,14H,7-8H2,1-2H3. The van der Waals surface area contributed by atoms with Crippen molar-refractivity contribution in [1.29, 1.82) is 0 Å². The predicted molar refractivity (Wildman–Crippen MR) is 77.4 cm³/mol. The van der Waals surface area contributed by atoms with Gasteiger partial charge in [0.05, 0.1) is 11.3 Å². The van der Waals surface area contributed by atoms with Gasteiger partial charge in [-0.2, -0.15) is 0 Å². The van der Waals surface area contributed by atoms with Crippen LogP contribution in [0.25, 0.3) is 10.9 Å². The molecule has 6 heteroatoms.